The molecule has 0 aliphatic heterocycles. The summed E-state index contributed by atoms with van der Waals surface area (Å²) in [5.74, 6) is -2.90. The van der Waals surface area contributed by atoms with E-state index in [9.17, 15) is 13.2 Å². The molecule has 1 N–H and O–H groups in total. The van der Waals surface area contributed by atoms with Gasteiger partial charge in [0.1, 0.15) is 5.82 Å². The van der Waals surface area contributed by atoms with Gasteiger partial charge in [-0.05, 0) is 11.5 Å². The standard InChI is InChI=1S/C15H14F3N/c1-10(11-5-3-2-4-6-11)9-19-15-8-13(17)12(16)7-14(15)18/h2-8,10,19H,9H2,1H3. The summed E-state index contributed by atoms with van der Waals surface area (Å²) >= 11 is 0. The van der Waals surface area contributed by atoms with Crippen LogP contribution in [0.3, 0.4) is 0 Å². The predicted molar refractivity (Wildman–Crippen MR) is 69.7 cm³/mol. The van der Waals surface area contributed by atoms with Crippen LogP contribution >= 0.6 is 0 Å². The van der Waals surface area contributed by atoms with Crippen molar-refractivity contribution in [3.05, 3.63) is 65.5 Å². The number of rotatable bonds is 4. The van der Waals surface area contributed by atoms with E-state index in [2.05, 4.69) is 5.32 Å². The van der Waals surface area contributed by atoms with Crippen molar-refractivity contribution in [2.24, 2.45) is 0 Å². The smallest absolute Gasteiger partial charge is 0.161 e. The van der Waals surface area contributed by atoms with Crippen molar-refractivity contribution >= 4 is 5.69 Å². The fourth-order valence-corrected chi connectivity index (χ4v) is 1.82. The summed E-state index contributed by atoms with van der Waals surface area (Å²) in [5, 5.41) is 2.80. The quantitative estimate of drug-likeness (QED) is 0.812. The molecule has 0 heterocycles. The molecule has 1 unspecified atom stereocenters. The highest BCUT2D eigenvalue weighted by molar-refractivity contribution is 5.45. The molecule has 0 aliphatic carbocycles. The molecule has 0 saturated carbocycles. The van der Waals surface area contributed by atoms with Gasteiger partial charge in [-0.1, -0.05) is 37.3 Å². The molecule has 0 radical (unpaired) electrons. The maximum Gasteiger partial charge on any atom is 0.161 e. The first-order valence-electron chi connectivity index (χ1n) is 6.01. The summed E-state index contributed by atoms with van der Waals surface area (Å²) in [6, 6.07) is 11.1. The maximum atomic E-state index is 13.4. The normalized spacial score (nSPS) is 12.2. The van der Waals surface area contributed by atoms with E-state index < -0.39 is 17.5 Å². The molecule has 0 saturated heterocycles. The zero-order chi connectivity index (χ0) is 13.8. The Morgan fingerprint density at radius 1 is 0.947 bits per heavy atom. The minimum atomic E-state index is -1.18. The van der Waals surface area contributed by atoms with Crippen LogP contribution in [-0.4, -0.2) is 6.54 Å². The number of hydrogen-bond donors (Lipinski definition) is 1. The second-order valence-corrected chi connectivity index (χ2v) is 4.44. The average Bonchev–Trinajstić information content (AvgIpc) is 2.42. The monoisotopic (exact) mass is 265 g/mol. The minimum absolute atomic E-state index is 0.0262. The van der Waals surface area contributed by atoms with E-state index in [-0.39, 0.29) is 11.6 Å². The average molecular weight is 265 g/mol. The van der Waals surface area contributed by atoms with E-state index in [1.165, 1.54) is 0 Å². The first kappa shape index (κ1) is 13.5. The maximum absolute atomic E-state index is 13.4. The Kier molecular flexibility index (Phi) is 4.10. The highest BCUT2D eigenvalue weighted by Crippen LogP contribution is 2.20. The van der Waals surface area contributed by atoms with Gasteiger partial charge in [0, 0.05) is 18.7 Å². The van der Waals surface area contributed by atoms with Gasteiger partial charge in [-0.2, -0.15) is 0 Å². The van der Waals surface area contributed by atoms with E-state index in [1.807, 2.05) is 37.3 Å². The van der Waals surface area contributed by atoms with Gasteiger partial charge in [0.2, 0.25) is 0 Å². The summed E-state index contributed by atoms with van der Waals surface area (Å²) in [4.78, 5) is 0. The molecule has 1 atom stereocenters. The van der Waals surface area contributed by atoms with Crippen LogP contribution in [0.1, 0.15) is 18.4 Å². The summed E-state index contributed by atoms with van der Waals surface area (Å²) in [7, 11) is 0. The van der Waals surface area contributed by atoms with E-state index >= 15 is 0 Å². The topological polar surface area (TPSA) is 12.0 Å². The molecule has 100 valence electrons. The van der Waals surface area contributed by atoms with Crippen LogP contribution in [0.4, 0.5) is 18.9 Å². The van der Waals surface area contributed by atoms with Crippen molar-refractivity contribution in [1.82, 2.24) is 0 Å². The molecule has 0 bridgehead atoms. The number of nitrogens with one attached hydrogen (secondary N) is 1. The van der Waals surface area contributed by atoms with Crippen LogP contribution in [0.15, 0.2) is 42.5 Å². The van der Waals surface area contributed by atoms with Crippen molar-refractivity contribution in [3.8, 4) is 0 Å². The molecule has 4 heteroatoms. The summed E-state index contributed by atoms with van der Waals surface area (Å²) in [5.41, 5.74) is 1.07. The van der Waals surface area contributed by atoms with Gasteiger partial charge in [0.05, 0.1) is 5.69 Å². The Balaban J connectivity index is 2.05. The molecular formula is C15H14F3N. The highest BCUT2D eigenvalue weighted by atomic mass is 19.2. The van der Waals surface area contributed by atoms with Crippen LogP contribution < -0.4 is 5.32 Å². The Morgan fingerprint density at radius 2 is 1.58 bits per heavy atom. The molecule has 0 amide bonds. The molecule has 2 aromatic rings. The second kappa shape index (κ2) is 5.78. The lowest BCUT2D eigenvalue weighted by Gasteiger charge is -2.14. The SMILES string of the molecule is CC(CNc1cc(F)c(F)cc1F)c1ccccc1. The lowest BCUT2D eigenvalue weighted by Crippen LogP contribution is -2.11. The van der Waals surface area contributed by atoms with Crippen molar-refractivity contribution < 1.29 is 13.2 Å². The van der Waals surface area contributed by atoms with Gasteiger partial charge < -0.3 is 5.32 Å². The van der Waals surface area contributed by atoms with Gasteiger partial charge in [-0.3, -0.25) is 0 Å². The third-order valence-electron chi connectivity index (χ3n) is 2.98. The van der Waals surface area contributed by atoms with Crippen LogP contribution in [-0.2, 0) is 0 Å². The Hall–Kier alpha value is -1.97. The molecule has 2 rings (SSSR count). The van der Waals surface area contributed by atoms with Crippen molar-refractivity contribution in [1.29, 1.82) is 0 Å². The second-order valence-electron chi connectivity index (χ2n) is 4.44. The molecule has 0 aromatic heterocycles. The third kappa shape index (κ3) is 3.28. The summed E-state index contributed by atoms with van der Waals surface area (Å²) in [6.45, 7) is 2.41. The highest BCUT2D eigenvalue weighted by Gasteiger charge is 2.11. The number of halogens is 3. The van der Waals surface area contributed by atoms with Crippen LogP contribution in [0, 0.1) is 17.5 Å². The lowest BCUT2D eigenvalue weighted by atomic mass is 10.0. The molecule has 19 heavy (non-hydrogen) atoms. The fraction of sp³-hybridized carbons (Fsp3) is 0.200. The van der Waals surface area contributed by atoms with Crippen LogP contribution in [0.5, 0.6) is 0 Å². The van der Waals surface area contributed by atoms with E-state index in [4.69, 9.17) is 0 Å². The molecule has 0 aliphatic rings. The summed E-state index contributed by atoms with van der Waals surface area (Å²) in [6.07, 6.45) is 0. The van der Waals surface area contributed by atoms with Gasteiger partial charge in [-0.25, -0.2) is 13.2 Å². The van der Waals surface area contributed by atoms with Crippen molar-refractivity contribution in [2.45, 2.75) is 12.8 Å². The third-order valence-corrected chi connectivity index (χ3v) is 2.98. The van der Waals surface area contributed by atoms with Crippen LogP contribution in [0.2, 0.25) is 0 Å². The van der Waals surface area contributed by atoms with Crippen LogP contribution in [0.25, 0.3) is 0 Å². The molecule has 0 fully saturated rings. The van der Waals surface area contributed by atoms with Crippen molar-refractivity contribution in [3.63, 3.8) is 0 Å². The summed E-state index contributed by atoms with van der Waals surface area (Å²) < 4.78 is 39.2. The number of benzene rings is 2. The zero-order valence-corrected chi connectivity index (χ0v) is 10.5. The first-order valence-corrected chi connectivity index (χ1v) is 6.01. The van der Waals surface area contributed by atoms with E-state index in [0.29, 0.717) is 12.6 Å². The molecule has 1 nitrogen and oxygen atoms in total. The van der Waals surface area contributed by atoms with E-state index in [1.54, 1.807) is 0 Å². The van der Waals surface area contributed by atoms with Gasteiger partial charge in [-0.15, -0.1) is 0 Å². The zero-order valence-electron chi connectivity index (χ0n) is 10.5. The molecule has 2 aromatic carbocycles. The van der Waals surface area contributed by atoms with Crippen molar-refractivity contribution in [2.75, 3.05) is 11.9 Å². The fourth-order valence-electron chi connectivity index (χ4n) is 1.82. The molecule has 0 spiro atoms. The van der Waals surface area contributed by atoms with Gasteiger partial charge in [0.25, 0.3) is 0 Å². The van der Waals surface area contributed by atoms with E-state index in [0.717, 1.165) is 11.6 Å². The van der Waals surface area contributed by atoms with Gasteiger partial charge in [0.15, 0.2) is 11.6 Å². The number of hydrogen-bond acceptors (Lipinski definition) is 1. The first-order chi connectivity index (χ1) is 9.08. The number of anilines is 1. The largest absolute Gasteiger partial charge is 0.382 e. The molecular weight excluding hydrogens is 251 g/mol. The Morgan fingerprint density at radius 3 is 2.26 bits per heavy atom. The minimum Gasteiger partial charge on any atom is -0.382 e. The predicted octanol–water partition coefficient (Wildman–Crippen LogP) is 4.32. The Labute approximate surface area is 110 Å². The Bertz CT molecular complexity index is 555. The van der Waals surface area contributed by atoms with Gasteiger partial charge >= 0.3 is 0 Å². The lowest BCUT2D eigenvalue weighted by molar-refractivity contribution is 0.496.